The van der Waals surface area contributed by atoms with E-state index in [9.17, 15) is 0 Å². The molecule has 0 aromatic heterocycles. The molecule has 1 saturated carbocycles. The van der Waals surface area contributed by atoms with E-state index >= 15 is 0 Å². The largest absolute Gasteiger partial charge is 0.490 e. The van der Waals surface area contributed by atoms with Gasteiger partial charge in [0.1, 0.15) is 0 Å². The first-order chi connectivity index (χ1) is 9.22. The summed E-state index contributed by atoms with van der Waals surface area (Å²) in [6.07, 6.45) is 2.03. The van der Waals surface area contributed by atoms with E-state index in [1.54, 1.807) is 0 Å². The number of hydrogen-bond acceptors (Lipinski definition) is 3. The molecule has 6 heteroatoms. The molecule has 3 N–H and O–H groups in total. The standard InChI is InChI=1S/C14H19N3O2.HI/c1-9-7-11(9)17-14(15)16-10-3-4-12-13(8-10)19-6-2-5-18-12;/h3-4,8-9,11H,2,5-7H2,1H3,(H3,15,16,17);1H. The molecule has 1 aliphatic carbocycles. The molecule has 2 atom stereocenters. The second-order valence-electron chi connectivity index (χ2n) is 5.13. The van der Waals surface area contributed by atoms with Crippen LogP contribution < -0.4 is 20.5 Å². The summed E-state index contributed by atoms with van der Waals surface area (Å²) in [4.78, 5) is 4.41. The fraction of sp³-hybridized carbons (Fsp3) is 0.500. The molecule has 2 unspecified atom stereocenters. The van der Waals surface area contributed by atoms with Crippen molar-refractivity contribution in [1.29, 1.82) is 0 Å². The Hall–Kier alpha value is -1.18. The highest BCUT2D eigenvalue weighted by atomic mass is 127. The first-order valence-corrected chi connectivity index (χ1v) is 6.72. The Kier molecular flexibility index (Phi) is 4.95. The normalized spacial score (nSPS) is 24.4. The van der Waals surface area contributed by atoms with Crippen molar-refractivity contribution >= 4 is 35.6 Å². The summed E-state index contributed by atoms with van der Waals surface area (Å²) in [6, 6.07) is 6.11. The quantitative estimate of drug-likeness (QED) is 0.464. The van der Waals surface area contributed by atoms with Crippen molar-refractivity contribution in [3.63, 3.8) is 0 Å². The third-order valence-corrected chi connectivity index (χ3v) is 3.39. The number of benzene rings is 1. The zero-order valence-corrected chi connectivity index (χ0v) is 13.8. The fourth-order valence-electron chi connectivity index (χ4n) is 2.08. The molecule has 0 amide bonds. The lowest BCUT2D eigenvalue weighted by Gasteiger charge is -2.10. The Bertz CT molecular complexity index is 507. The lowest BCUT2D eigenvalue weighted by molar-refractivity contribution is 0.297. The third-order valence-electron chi connectivity index (χ3n) is 3.39. The number of nitrogens with two attached hydrogens (primary N) is 1. The van der Waals surface area contributed by atoms with Crippen molar-refractivity contribution in [3.05, 3.63) is 18.2 Å². The summed E-state index contributed by atoms with van der Waals surface area (Å²) >= 11 is 0. The minimum Gasteiger partial charge on any atom is -0.490 e. The Morgan fingerprint density at radius 1 is 1.30 bits per heavy atom. The lowest BCUT2D eigenvalue weighted by Crippen LogP contribution is -2.23. The van der Waals surface area contributed by atoms with Gasteiger partial charge in [-0.05, 0) is 24.5 Å². The van der Waals surface area contributed by atoms with Gasteiger partial charge in [0, 0.05) is 18.2 Å². The summed E-state index contributed by atoms with van der Waals surface area (Å²) in [5.74, 6) is 2.66. The number of halogens is 1. The van der Waals surface area contributed by atoms with Crippen molar-refractivity contribution in [2.45, 2.75) is 25.8 Å². The van der Waals surface area contributed by atoms with Crippen LogP contribution in [0.25, 0.3) is 0 Å². The Morgan fingerprint density at radius 3 is 2.70 bits per heavy atom. The van der Waals surface area contributed by atoms with E-state index < -0.39 is 0 Å². The monoisotopic (exact) mass is 389 g/mol. The number of guanidine groups is 1. The number of nitrogens with zero attached hydrogens (tertiary/aromatic N) is 1. The molecule has 20 heavy (non-hydrogen) atoms. The van der Waals surface area contributed by atoms with Gasteiger partial charge in [-0.2, -0.15) is 0 Å². The molecule has 3 rings (SSSR count). The maximum absolute atomic E-state index is 5.88. The zero-order chi connectivity index (χ0) is 13.2. The molecular formula is C14H20IN3O2. The molecule has 1 aliphatic heterocycles. The van der Waals surface area contributed by atoms with Crippen LogP contribution >= 0.6 is 24.0 Å². The number of rotatable bonds is 2. The third kappa shape index (κ3) is 3.68. The number of hydrogen-bond donors (Lipinski definition) is 2. The van der Waals surface area contributed by atoms with Gasteiger partial charge in [0.2, 0.25) is 0 Å². The van der Waals surface area contributed by atoms with E-state index in [-0.39, 0.29) is 24.0 Å². The number of fused-ring (bicyclic) bond motifs is 1. The molecule has 1 aromatic carbocycles. The van der Waals surface area contributed by atoms with Gasteiger partial charge in [-0.3, -0.25) is 0 Å². The SMILES string of the molecule is CC1CC1N=C(N)Nc1ccc2c(c1)OCCCO2.I. The van der Waals surface area contributed by atoms with Gasteiger partial charge in [-0.15, -0.1) is 24.0 Å². The van der Waals surface area contributed by atoms with Crippen LogP contribution in [0.2, 0.25) is 0 Å². The summed E-state index contributed by atoms with van der Waals surface area (Å²) in [5.41, 5.74) is 6.76. The van der Waals surface area contributed by atoms with Crippen molar-refractivity contribution in [2.24, 2.45) is 16.6 Å². The summed E-state index contributed by atoms with van der Waals surface area (Å²) in [7, 11) is 0. The van der Waals surface area contributed by atoms with E-state index in [1.807, 2.05) is 18.2 Å². The van der Waals surface area contributed by atoms with Crippen molar-refractivity contribution in [3.8, 4) is 11.5 Å². The average molecular weight is 389 g/mol. The Labute approximate surface area is 135 Å². The topological polar surface area (TPSA) is 68.9 Å². The van der Waals surface area contributed by atoms with Crippen LogP contribution in [0.4, 0.5) is 5.69 Å². The number of ether oxygens (including phenoxy) is 2. The van der Waals surface area contributed by atoms with Gasteiger partial charge in [0.25, 0.3) is 0 Å². The zero-order valence-electron chi connectivity index (χ0n) is 11.5. The van der Waals surface area contributed by atoms with Gasteiger partial charge in [-0.25, -0.2) is 4.99 Å². The highest BCUT2D eigenvalue weighted by Crippen LogP contribution is 2.34. The predicted octanol–water partition coefficient (Wildman–Crippen LogP) is 2.60. The van der Waals surface area contributed by atoms with E-state index in [1.165, 1.54) is 0 Å². The molecule has 0 saturated heterocycles. The summed E-state index contributed by atoms with van der Waals surface area (Å²) < 4.78 is 11.2. The second kappa shape index (κ2) is 6.51. The number of anilines is 1. The molecule has 110 valence electrons. The van der Waals surface area contributed by atoms with Gasteiger partial charge >= 0.3 is 0 Å². The van der Waals surface area contributed by atoms with E-state index in [4.69, 9.17) is 15.2 Å². The molecule has 5 nitrogen and oxygen atoms in total. The lowest BCUT2D eigenvalue weighted by atomic mass is 10.3. The van der Waals surface area contributed by atoms with E-state index in [0.717, 1.165) is 30.0 Å². The fourth-order valence-corrected chi connectivity index (χ4v) is 2.08. The van der Waals surface area contributed by atoms with Crippen LogP contribution in [0, 0.1) is 5.92 Å². The molecule has 1 fully saturated rings. The molecule has 2 aliphatic rings. The van der Waals surface area contributed by atoms with Crippen LogP contribution in [-0.2, 0) is 0 Å². The minimum atomic E-state index is 0. The van der Waals surface area contributed by atoms with E-state index in [0.29, 0.717) is 31.1 Å². The van der Waals surface area contributed by atoms with Crippen LogP contribution in [0.15, 0.2) is 23.2 Å². The highest BCUT2D eigenvalue weighted by molar-refractivity contribution is 14.0. The predicted molar refractivity (Wildman–Crippen MR) is 90.3 cm³/mol. The molecule has 1 heterocycles. The summed E-state index contributed by atoms with van der Waals surface area (Å²) in [5, 5.41) is 3.10. The maximum Gasteiger partial charge on any atom is 0.193 e. The second-order valence-corrected chi connectivity index (χ2v) is 5.13. The molecule has 1 aromatic rings. The minimum absolute atomic E-state index is 0. The summed E-state index contributed by atoms with van der Waals surface area (Å²) in [6.45, 7) is 3.55. The van der Waals surface area contributed by atoms with Gasteiger partial charge < -0.3 is 20.5 Å². The first-order valence-electron chi connectivity index (χ1n) is 6.72. The maximum atomic E-state index is 5.88. The Balaban J connectivity index is 0.00000147. The van der Waals surface area contributed by atoms with Gasteiger partial charge in [-0.1, -0.05) is 6.92 Å². The van der Waals surface area contributed by atoms with Crippen molar-refractivity contribution in [1.82, 2.24) is 0 Å². The Morgan fingerprint density at radius 2 is 2.00 bits per heavy atom. The van der Waals surface area contributed by atoms with Crippen molar-refractivity contribution < 1.29 is 9.47 Å². The molecular weight excluding hydrogens is 369 g/mol. The van der Waals surface area contributed by atoms with Gasteiger partial charge in [0.15, 0.2) is 17.5 Å². The first kappa shape index (κ1) is 15.2. The smallest absolute Gasteiger partial charge is 0.193 e. The van der Waals surface area contributed by atoms with Crippen LogP contribution in [0.5, 0.6) is 11.5 Å². The van der Waals surface area contributed by atoms with E-state index in [2.05, 4.69) is 17.2 Å². The molecule has 0 radical (unpaired) electrons. The molecule has 0 bridgehead atoms. The number of nitrogens with one attached hydrogen (secondary N) is 1. The number of aliphatic imine (C=N–C) groups is 1. The van der Waals surface area contributed by atoms with Crippen LogP contribution in [0.3, 0.4) is 0 Å². The van der Waals surface area contributed by atoms with Crippen LogP contribution in [-0.4, -0.2) is 25.2 Å². The van der Waals surface area contributed by atoms with Crippen LogP contribution in [0.1, 0.15) is 19.8 Å². The van der Waals surface area contributed by atoms with Crippen molar-refractivity contribution in [2.75, 3.05) is 18.5 Å². The molecule has 0 spiro atoms. The average Bonchev–Trinajstić information content (AvgIpc) is 3.11. The highest BCUT2D eigenvalue weighted by Gasteiger charge is 2.32. The van der Waals surface area contributed by atoms with Gasteiger partial charge in [0.05, 0.1) is 19.3 Å².